The van der Waals surface area contributed by atoms with Crippen molar-refractivity contribution in [3.63, 3.8) is 0 Å². The molecule has 0 radical (unpaired) electrons. The molecule has 0 aromatic rings. The highest BCUT2D eigenvalue weighted by atomic mass is 28.4. The SMILES string of the molecule is COC(=O)C[C@H]1C[C@@H](O[Si](C(C)C)(C(C)C)C(C)C)[C@H](C)[C@@H](CCOC(=O)C(C)(C)C)O1. The number of ether oxygens (including phenoxy) is 3. The number of hydrogen-bond donors (Lipinski definition) is 0. The average Bonchev–Trinajstić information content (AvgIpc) is 2.66. The number of hydrogen-bond acceptors (Lipinski definition) is 6. The van der Waals surface area contributed by atoms with Crippen LogP contribution >= 0.6 is 0 Å². The Bertz CT molecular complexity index is 588. The molecule has 0 amide bonds. The van der Waals surface area contributed by atoms with Crippen LogP contribution in [0, 0.1) is 11.3 Å². The average molecular weight is 473 g/mol. The number of methoxy groups -OCH3 is 1. The van der Waals surface area contributed by atoms with Crippen LogP contribution in [0.3, 0.4) is 0 Å². The summed E-state index contributed by atoms with van der Waals surface area (Å²) in [5, 5.41) is 0. The van der Waals surface area contributed by atoms with Gasteiger partial charge in [-0.2, -0.15) is 0 Å². The normalized spacial score (nSPS) is 24.8. The maximum absolute atomic E-state index is 12.2. The van der Waals surface area contributed by atoms with E-state index in [9.17, 15) is 9.59 Å². The summed E-state index contributed by atoms with van der Waals surface area (Å²) in [5.74, 6) is -0.354. The van der Waals surface area contributed by atoms with Gasteiger partial charge in [-0.3, -0.25) is 9.59 Å². The van der Waals surface area contributed by atoms with Crippen LogP contribution < -0.4 is 0 Å². The van der Waals surface area contributed by atoms with Crippen LogP contribution in [0.1, 0.15) is 88.5 Å². The zero-order valence-electron chi connectivity index (χ0n) is 22.3. The molecule has 0 bridgehead atoms. The molecular weight excluding hydrogens is 424 g/mol. The maximum Gasteiger partial charge on any atom is 0.311 e. The smallest absolute Gasteiger partial charge is 0.311 e. The van der Waals surface area contributed by atoms with Crippen molar-refractivity contribution in [3.05, 3.63) is 0 Å². The van der Waals surface area contributed by atoms with Gasteiger partial charge in [0.1, 0.15) is 0 Å². The van der Waals surface area contributed by atoms with E-state index in [0.717, 1.165) is 0 Å². The lowest BCUT2D eigenvalue weighted by atomic mass is 9.88. The largest absolute Gasteiger partial charge is 0.469 e. The fourth-order valence-corrected chi connectivity index (χ4v) is 10.8. The van der Waals surface area contributed by atoms with E-state index in [0.29, 0.717) is 36.1 Å². The maximum atomic E-state index is 12.2. The Morgan fingerprint density at radius 3 is 2.00 bits per heavy atom. The Hall–Kier alpha value is -0.923. The van der Waals surface area contributed by atoms with Crippen LogP contribution in [0.15, 0.2) is 0 Å². The molecule has 0 aliphatic carbocycles. The molecule has 1 fully saturated rings. The van der Waals surface area contributed by atoms with E-state index in [4.69, 9.17) is 18.6 Å². The molecule has 0 aromatic heterocycles. The summed E-state index contributed by atoms with van der Waals surface area (Å²) in [4.78, 5) is 24.2. The molecular formula is C25H48O6Si. The molecule has 32 heavy (non-hydrogen) atoms. The topological polar surface area (TPSA) is 71.1 Å². The number of carbonyl (C=O) groups excluding carboxylic acids is 2. The molecule has 1 aliphatic rings. The number of esters is 2. The predicted molar refractivity (Wildman–Crippen MR) is 130 cm³/mol. The molecule has 0 spiro atoms. The monoisotopic (exact) mass is 472 g/mol. The van der Waals surface area contributed by atoms with E-state index >= 15 is 0 Å². The van der Waals surface area contributed by atoms with E-state index in [-0.39, 0.29) is 42.6 Å². The Morgan fingerprint density at radius 2 is 1.56 bits per heavy atom. The second kappa shape index (κ2) is 12.0. The van der Waals surface area contributed by atoms with Crippen LogP contribution in [0.5, 0.6) is 0 Å². The van der Waals surface area contributed by atoms with E-state index in [1.165, 1.54) is 7.11 Å². The Balaban J connectivity index is 3.07. The lowest BCUT2D eigenvalue weighted by Crippen LogP contribution is -2.55. The highest BCUT2D eigenvalue weighted by Crippen LogP contribution is 2.45. The van der Waals surface area contributed by atoms with Crippen molar-refractivity contribution < 1.29 is 28.2 Å². The zero-order valence-corrected chi connectivity index (χ0v) is 23.3. The summed E-state index contributed by atoms with van der Waals surface area (Å²) in [7, 11) is -0.693. The van der Waals surface area contributed by atoms with Crippen molar-refractivity contribution in [1.29, 1.82) is 0 Å². The minimum absolute atomic E-state index is 0.000547. The van der Waals surface area contributed by atoms with Gasteiger partial charge in [0.15, 0.2) is 0 Å². The molecule has 1 aliphatic heterocycles. The minimum atomic E-state index is -2.10. The second-order valence-corrected chi connectivity index (χ2v) is 16.7. The summed E-state index contributed by atoms with van der Waals surface area (Å²) in [6, 6.07) is 0. The lowest BCUT2D eigenvalue weighted by Gasteiger charge is -2.49. The van der Waals surface area contributed by atoms with Gasteiger partial charge in [-0.25, -0.2) is 0 Å². The van der Waals surface area contributed by atoms with Crippen molar-refractivity contribution in [3.8, 4) is 0 Å². The second-order valence-electron chi connectivity index (χ2n) is 11.3. The molecule has 1 saturated heterocycles. The third-order valence-electron chi connectivity index (χ3n) is 6.97. The van der Waals surface area contributed by atoms with E-state index in [2.05, 4.69) is 48.5 Å². The van der Waals surface area contributed by atoms with Gasteiger partial charge >= 0.3 is 11.9 Å². The third-order valence-corrected chi connectivity index (χ3v) is 13.1. The van der Waals surface area contributed by atoms with Crippen molar-refractivity contribution in [2.75, 3.05) is 13.7 Å². The first-order chi connectivity index (χ1) is 14.7. The van der Waals surface area contributed by atoms with E-state index in [1.807, 2.05) is 20.8 Å². The molecule has 0 aromatic carbocycles. The quantitative estimate of drug-likeness (QED) is 0.292. The molecule has 0 unspecified atom stereocenters. The van der Waals surface area contributed by atoms with Gasteiger partial charge in [-0.15, -0.1) is 0 Å². The van der Waals surface area contributed by atoms with Crippen molar-refractivity contribution >= 4 is 20.3 Å². The van der Waals surface area contributed by atoms with Crippen molar-refractivity contribution in [1.82, 2.24) is 0 Å². The Morgan fingerprint density at radius 1 is 1.03 bits per heavy atom. The van der Waals surface area contributed by atoms with Gasteiger partial charge in [0, 0.05) is 12.3 Å². The zero-order chi connectivity index (χ0) is 24.9. The van der Waals surface area contributed by atoms with Gasteiger partial charge < -0.3 is 18.6 Å². The first-order valence-electron chi connectivity index (χ1n) is 12.2. The Kier molecular flexibility index (Phi) is 10.9. The Labute approximate surface area is 197 Å². The van der Waals surface area contributed by atoms with Crippen molar-refractivity contribution in [2.24, 2.45) is 11.3 Å². The van der Waals surface area contributed by atoms with Crippen LogP contribution in [0.25, 0.3) is 0 Å². The van der Waals surface area contributed by atoms with E-state index in [1.54, 1.807) is 0 Å². The van der Waals surface area contributed by atoms with Crippen molar-refractivity contribution in [2.45, 2.75) is 123 Å². The number of carbonyl (C=O) groups is 2. The molecule has 7 heteroatoms. The van der Waals surface area contributed by atoms with Gasteiger partial charge in [0.2, 0.25) is 8.32 Å². The van der Waals surface area contributed by atoms with Gasteiger partial charge in [0.05, 0.1) is 43.9 Å². The van der Waals surface area contributed by atoms with Crippen LogP contribution in [-0.2, 0) is 28.2 Å². The summed E-state index contributed by atoms with van der Waals surface area (Å²) in [6.45, 7) is 21.7. The predicted octanol–water partition coefficient (Wildman–Crippen LogP) is 5.88. The molecule has 1 rings (SSSR count). The van der Waals surface area contributed by atoms with E-state index < -0.39 is 13.7 Å². The molecule has 0 saturated carbocycles. The molecule has 1 heterocycles. The molecule has 188 valence electrons. The summed E-state index contributed by atoms with van der Waals surface area (Å²) >= 11 is 0. The van der Waals surface area contributed by atoms with Crippen LogP contribution in [-0.4, -0.2) is 52.3 Å². The standard InChI is InChI=1S/C25H48O6Si/c1-16(2)32(17(3)4,18(5)6)31-22-14-20(15-23(26)28-11)30-21(19(22)7)12-13-29-24(27)25(8,9)10/h16-22H,12-15H2,1-11H3/t19-,20-,21-,22-/m1/s1. The highest BCUT2D eigenvalue weighted by molar-refractivity contribution is 6.77. The molecule has 0 N–H and O–H groups in total. The summed E-state index contributed by atoms with van der Waals surface area (Å²) in [6.07, 6.45) is 1.07. The first-order valence-corrected chi connectivity index (χ1v) is 14.4. The molecule has 4 atom stereocenters. The van der Waals surface area contributed by atoms with Crippen LogP contribution in [0.2, 0.25) is 16.6 Å². The van der Waals surface area contributed by atoms with Gasteiger partial charge in [0.25, 0.3) is 0 Å². The van der Waals surface area contributed by atoms with Gasteiger partial charge in [-0.05, 0) is 43.8 Å². The number of rotatable bonds is 10. The molecule has 6 nitrogen and oxygen atoms in total. The fourth-order valence-electron chi connectivity index (χ4n) is 5.18. The first kappa shape index (κ1) is 29.1. The lowest BCUT2D eigenvalue weighted by molar-refractivity contribution is -0.163. The highest BCUT2D eigenvalue weighted by Gasteiger charge is 2.49. The third kappa shape index (κ3) is 7.29. The summed E-state index contributed by atoms with van der Waals surface area (Å²) in [5.41, 5.74) is 0.892. The van der Waals surface area contributed by atoms with Gasteiger partial charge in [-0.1, -0.05) is 48.5 Å². The minimum Gasteiger partial charge on any atom is -0.469 e. The summed E-state index contributed by atoms with van der Waals surface area (Å²) < 4.78 is 23.8. The fraction of sp³-hybridized carbons (Fsp3) is 0.920. The van der Waals surface area contributed by atoms with Crippen LogP contribution in [0.4, 0.5) is 0 Å².